The molecule has 0 saturated carbocycles. The average molecular weight is 304 g/mol. The molecule has 0 aromatic heterocycles. The molecule has 0 bridgehead atoms. The molecule has 0 fully saturated rings. The Morgan fingerprint density at radius 1 is 0.800 bits per heavy atom. The Labute approximate surface area is 114 Å². The van der Waals surface area contributed by atoms with Crippen molar-refractivity contribution in [2.45, 2.75) is 45.6 Å². The number of alkyl halides is 6. The van der Waals surface area contributed by atoms with Crippen LogP contribution in [0.5, 0.6) is 0 Å². The highest BCUT2D eigenvalue weighted by atomic mass is 19.4. The number of hydrogen-bond acceptors (Lipinski definition) is 1. The van der Waals surface area contributed by atoms with E-state index in [1.165, 1.54) is 5.56 Å². The van der Waals surface area contributed by atoms with Crippen LogP contribution < -0.4 is 0 Å². The second kappa shape index (κ2) is 8.14. The molecule has 1 N–H and O–H groups in total. The van der Waals surface area contributed by atoms with Crippen LogP contribution in [0.4, 0.5) is 26.3 Å². The van der Waals surface area contributed by atoms with Gasteiger partial charge in [0.05, 0.1) is 0 Å². The Kier molecular flexibility index (Phi) is 8.57. The van der Waals surface area contributed by atoms with E-state index in [4.69, 9.17) is 5.11 Å². The Bertz CT molecular complexity index is 337. The summed E-state index contributed by atoms with van der Waals surface area (Å²) in [6.07, 6.45) is -11.4. The van der Waals surface area contributed by atoms with E-state index in [0.717, 1.165) is 0 Å². The lowest BCUT2D eigenvalue weighted by Crippen LogP contribution is -2.54. The van der Waals surface area contributed by atoms with Crippen LogP contribution in [0.15, 0.2) is 30.3 Å². The second-order valence-electron chi connectivity index (χ2n) is 3.72. The first-order valence-electron chi connectivity index (χ1n) is 5.77. The van der Waals surface area contributed by atoms with Crippen molar-refractivity contribution in [3.05, 3.63) is 35.9 Å². The number of aryl methyl sites for hydroxylation is 1. The number of halogens is 6. The predicted molar refractivity (Wildman–Crippen MR) is 65.3 cm³/mol. The van der Waals surface area contributed by atoms with Gasteiger partial charge in [-0.1, -0.05) is 49.7 Å². The number of aliphatic hydroxyl groups is 1. The second-order valence-corrected chi connectivity index (χ2v) is 3.72. The third kappa shape index (κ3) is 6.79. The zero-order valence-corrected chi connectivity index (χ0v) is 11.6. The van der Waals surface area contributed by atoms with Gasteiger partial charge in [0.2, 0.25) is 0 Å². The minimum Gasteiger partial charge on any atom is -0.374 e. The molecular formula is C13H18F6O. The highest BCUT2D eigenvalue weighted by Crippen LogP contribution is 2.42. The molecule has 0 aliphatic rings. The maximum Gasteiger partial charge on any atom is 0.425 e. The van der Waals surface area contributed by atoms with Gasteiger partial charge in [-0.15, -0.1) is 0 Å². The molecule has 118 valence electrons. The fourth-order valence-electron chi connectivity index (χ4n) is 0.695. The topological polar surface area (TPSA) is 20.2 Å². The third-order valence-electron chi connectivity index (χ3n) is 2.04. The standard InChI is InChI=1S/C7H8.C4H4F6O.C2H6/c1-7-5-3-2-4-6-7;1-2(11,3(5,6)7)4(8,9)10;1-2/h2-6H,1H3;11H,1H3;1-2H3. The lowest BCUT2D eigenvalue weighted by Gasteiger charge is -2.28. The Morgan fingerprint density at radius 3 is 1.20 bits per heavy atom. The molecule has 1 aromatic rings. The van der Waals surface area contributed by atoms with Gasteiger partial charge >= 0.3 is 12.4 Å². The van der Waals surface area contributed by atoms with Crippen LogP contribution in [-0.2, 0) is 0 Å². The molecule has 0 amide bonds. The van der Waals surface area contributed by atoms with Crippen LogP contribution in [0.25, 0.3) is 0 Å². The number of rotatable bonds is 0. The monoisotopic (exact) mass is 304 g/mol. The molecule has 0 aliphatic heterocycles. The minimum atomic E-state index is -5.69. The summed E-state index contributed by atoms with van der Waals surface area (Å²) in [5.41, 5.74) is -3.30. The summed E-state index contributed by atoms with van der Waals surface area (Å²) >= 11 is 0. The van der Waals surface area contributed by atoms with Crippen molar-refractivity contribution in [2.24, 2.45) is 0 Å². The van der Waals surface area contributed by atoms with Gasteiger partial charge in [-0.25, -0.2) is 0 Å². The van der Waals surface area contributed by atoms with Crippen molar-refractivity contribution in [2.75, 3.05) is 0 Å². The Hall–Kier alpha value is -1.24. The van der Waals surface area contributed by atoms with Crippen LogP contribution in [0.3, 0.4) is 0 Å². The van der Waals surface area contributed by atoms with Gasteiger partial charge in [0.15, 0.2) is 0 Å². The molecule has 0 radical (unpaired) electrons. The van der Waals surface area contributed by atoms with Gasteiger partial charge < -0.3 is 5.11 Å². The molecule has 0 spiro atoms. The highest BCUT2D eigenvalue weighted by Gasteiger charge is 2.67. The zero-order valence-electron chi connectivity index (χ0n) is 11.6. The fraction of sp³-hybridized carbons (Fsp3) is 0.538. The smallest absolute Gasteiger partial charge is 0.374 e. The molecule has 0 atom stereocenters. The van der Waals surface area contributed by atoms with E-state index in [1.54, 1.807) is 0 Å². The molecule has 1 nitrogen and oxygen atoms in total. The Balaban J connectivity index is 0. The maximum absolute atomic E-state index is 11.4. The third-order valence-corrected chi connectivity index (χ3v) is 2.04. The van der Waals surface area contributed by atoms with Crippen molar-refractivity contribution in [3.63, 3.8) is 0 Å². The van der Waals surface area contributed by atoms with Crippen LogP contribution in [0, 0.1) is 6.92 Å². The molecule has 1 rings (SSSR count). The quantitative estimate of drug-likeness (QED) is 0.677. The first-order chi connectivity index (χ1) is 8.89. The van der Waals surface area contributed by atoms with Crippen molar-refractivity contribution in [1.29, 1.82) is 0 Å². The van der Waals surface area contributed by atoms with Crippen molar-refractivity contribution >= 4 is 0 Å². The molecule has 0 saturated heterocycles. The molecule has 20 heavy (non-hydrogen) atoms. The first-order valence-corrected chi connectivity index (χ1v) is 5.77. The van der Waals surface area contributed by atoms with Crippen LogP contribution >= 0.6 is 0 Å². The number of benzene rings is 1. The fourth-order valence-corrected chi connectivity index (χ4v) is 0.695. The van der Waals surface area contributed by atoms with Gasteiger partial charge in [-0.2, -0.15) is 26.3 Å². The molecule has 7 heteroatoms. The van der Waals surface area contributed by atoms with Gasteiger partial charge in [-0.05, 0) is 13.8 Å². The summed E-state index contributed by atoms with van der Waals surface area (Å²) in [5, 5.41) is 7.94. The van der Waals surface area contributed by atoms with Crippen LogP contribution in [0.2, 0.25) is 0 Å². The number of hydrogen-bond donors (Lipinski definition) is 1. The zero-order chi connectivity index (χ0) is 16.6. The van der Waals surface area contributed by atoms with Gasteiger partial charge in [-0.3, -0.25) is 0 Å². The predicted octanol–water partition coefficient (Wildman–Crippen LogP) is 4.88. The van der Waals surface area contributed by atoms with Crippen molar-refractivity contribution < 1.29 is 31.4 Å². The van der Waals surface area contributed by atoms with E-state index in [-0.39, 0.29) is 6.92 Å². The molecule has 0 heterocycles. The SMILES string of the molecule is CC.CC(O)(C(F)(F)F)C(F)(F)F.Cc1ccccc1. The van der Waals surface area contributed by atoms with E-state index >= 15 is 0 Å². The lowest BCUT2D eigenvalue weighted by molar-refractivity contribution is -0.360. The van der Waals surface area contributed by atoms with E-state index in [1.807, 2.05) is 32.0 Å². The highest BCUT2D eigenvalue weighted by molar-refractivity contribution is 5.11. The summed E-state index contributed by atoms with van der Waals surface area (Å²) in [4.78, 5) is 0. The summed E-state index contributed by atoms with van der Waals surface area (Å²) in [6.45, 7) is 5.74. The molecular weight excluding hydrogens is 286 g/mol. The van der Waals surface area contributed by atoms with Gasteiger partial charge in [0.25, 0.3) is 5.60 Å². The summed E-state index contributed by atoms with van der Waals surface area (Å²) in [7, 11) is 0. The van der Waals surface area contributed by atoms with E-state index in [0.29, 0.717) is 0 Å². The van der Waals surface area contributed by atoms with Crippen LogP contribution in [-0.4, -0.2) is 23.1 Å². The summed E-state index contributed by atoms with van der Waals surface area (Å²) < 4.78 is 68.2. The van der Waals surface area contributed by atoms with E-state index in [2.05, 4.69) is 19.1 Å². The minimum absolute atomic E-state index is 0.340. The normalized spacial score (nSPS) is 11.8. The van der Waals surface area contributed by atoms with Crippen LogP contribution in [0.1, 0.15) is 26.3 Å². The van der Waals surface area contributed by atoms with E-state index < -0.39 is 18.0 Å². The van der Waals surface area contributed by atoms with E-state index in [9.17, 15) is 26.3 Å². The largest absolute Gasteiger partial charge is 0.425 e. The van der Waals surface area contributed by atoms with Crippen molar-refractivity contribution in [1.82, 2.24) is 0 Å². The van der Waals surface area contributed by atoms with Gasteiger partial charge in [0.1, 0.15) is 0 Å². The lowest BCUT2D eigenvalue weighted by atomic mass is 10.1. The van der Waals surface area contributed by atoms with Gasteiger partial charge in [0, 0.05) is 0 Å². The maximum atomic E-state index is 11.4. The molecule has 0 aliphatic carbocycles. The summed E-state index contributed by atoms with van der Waals surface area (Å²) in [6, 6.07) is 10.3. The Morgan fingerprint density at radius 2 is 1.10 bits per heavy atom. The molecule has 0 unspecified atom stereocenters. The first kappa shape index (κ1) is 21.1. The average Bonchev–Trinajstić information content (AvgIpc) is 2.30. The summed E-state index contributed by atoms with van der Waals surface area (Å²) in [5.74, 6) is 0. The molecule has 1 aromatic carbocycles. The van der Waals surface area contributed by atoms with Crippen molar-refractivity contribution in [3.8, 4) is 0 Å².